The lowest BCUT2D eigenvalue weighted by Crippen LogP contribution is -2.17. The number of aromatic nitrogens is 1. The first-order chi connectivity index (χ1) is 7.22. The molecular weight excluding hydrogens is 192 g/mol. The van der Waals surface area contributed by atoms with Gasteiger partial charge in [-0.2, -0.15) is 0 Å². The van der Waals surface area contributed by atoms with Crippen LogP contribution in [0.2, 0.25) is 0 Å². The van der Waals surface area contributed by atoms with Crippen molar-refractivity contribution in [1.82, 2.24) is 4.98 Å². The van der Waals surface area contributed by atoms with Crippen LogP contribution in [0.3, 0.4) is 0 Å². The molecule has 84 valence electrons. The molecule has 1 unspecified atom stereocenters. The predicted molar refractivity (Wildman–Crippen MR) is 58.7 cm³/mol. The normalized spacial score (nSPS) is 12.5. The molecule has 0 aliphatic heterocycles. The summed E-state index contributed by atoms with van der Waals surface area (Å²) >= 11 is 0. The molecule has 1 rings (SSSR count). The highest BCUT2D eigenvalue weighted by Crippen LogP contribution is 2.10. The number of pyridine rings is 1. The minimum atomic E-state index is 0.188. The molecule has 0 aromatic carbocycles. The highest BCUT2D eigenvalue weighted by molar-refractivity contribution is 5.22. The van der Waals surface area contributed by atoms with Gasteiger partial charge < -0.3 is 15.2 Å². The van der Waals surface area contributed by atoms with E-state index in [0.29, 0.717) is 13.2 Å². The Bertz CT molecular complexity index is 290. The average Bonchev–Trinajstić information content (AvgIpc) is 2.24. The van der Waals surface area contributed by atoms with Gasteiger partial charge in [0.15, 0.2) is 0 Å². The maximum absolute atomic E-state index is 5.61. The summed E-state index contributed by atoms with van der Waals surface area (Å²) < 4.78 is 10.5. The molecule has 0 saturated carbocycles. The number of ether oxygens (including phenoxy) is 2. The second kappa shape index (κ2) is 6.37. The van der Waals surface area contributed by atoms with Crippen LogP contribution in [0.5, 0.6) is 5.75 Å². The SMILES string of the molecule is COc1cncc(COCCC(C)N)c1. The fourth-order valence-electron chi connectivity index (χ4n) is 1.11. The average molecular weight is 210 g/mol. The van der Waals surface area contributed by atoms with Crippen molar-refractivity contribution < 1.29 is 9.47 Å². The Morgan fingerprint density at radius 1 is 1.47 bits per heavy atom. The van der Waals surface area contributed by atoms with Gasteiger partial charge in [-0.05, 0) is 25.0 Å². The third kappa shape index (κ3) is 4.76. The largest absolute Gasteiger partial charge is 0.495 e. The number of rotatable bonds is 6. The van der Waals surface area contributed by atoms with Crippen LogP contribution in [-0.4, -0.2) is 24.7 Å². The molecule has 0 aliphatic rings. The van der Waals surface area contributed by atoms with E-state index in [0.717, 1.165) is 17.7 Å². The van der Waals surface area contributed by atoms with Crippen molar-refractivity contribution >= 4 is 0 Å². The molecule has 0 spiro atoms. The van der Waals surface area contributed by atoms with E-state index in [4.69, 9.17) is 15.2 Å². The van der Waals surface area contributed by atoms with Crippen LogP contribution in [0.1, 0.15) is 18.9 Å². The van der Waals surface area contributed by atoms with E-state index in [2.05, 4.69) is 4.98 Å². The fraction of sp³-hybridized carbons (Fsp3) is 0.545. The fourth-order valence-corrected chi connectivity index (χ4v) is 1.11. The Hall–Kier alpha value is -1.13. The van der Waals surface area contributed by atoms with Crippen molar-refractivity contribution in [2.24, 2.45) is 5.73 Å². The van der Waals surface area contributed by atoms with E-state index < -0.39 is 0 Å². The molecule has 1 atom stereocenters. The maximum Gasteiger partial charge on any atom is 0.137 e. The van der Waals surface area contributed by atoms with Crippen molar-refractivity contribution in [3.63, 3.8) is 0 Å². The minimum Gasteiger partial charge on any atom is -0.495 e. The van der Waals surface area contributed by atoms with Crippen LogP contribution in [0, 0.1) is 0 Å². The lowest BCUT2D eigenvalue weighted by molar-refractivity contribution is 0.115. The Kier molecular flexibility index (Phi) is 5.07. The summed E-state index contributed by atoms with van der Waals surface area (Å²) in [6, 6.07) is 2.10. The molecule has 0 bridgehead atoms. The van der Waals surface area contributed by atoms with Crippen LogP contribution < -0.4 is 10.5 Å². The summed E-state index contributed by atoms with van der Waals surface area (Å²) in [7, 11) is 1.62. The molecule has 0 aliphatic carbocycles. The second-order valence-corrected chi connectivity index (χ2v) is 3.55. The van der Waals surface area contributed by atoms with Crippen molar-refractivity contribution in [1.29, 1.82) is 0 Å². The highest BCUT2D eigenvalue weighted by Gasteiger charge is 1.98. The van der Waals surface area contributed by atoms with E-state index in [-0.39, 0.29) is 6.04 Å². The van der Waals surface area contributed by atoms with Crippen LogP contribution in [-0.2, 0) is 11.3 Å². The summed E-state index contributed by atoms with van der Waals surface area (Å²) in [6.45, 7) is 3.20. The molecule has 2 N–H and O–H groups in total. The quantitative estimate of drug-likeness (QED) is 0.720. The number of hydrogen-bond donors (Lipinski definition) is 1. The van der Waals surface area contributed by atoms with Gasteiger partial charge in [-0.3, -0.25) is 4.98 Å². The van der Waals surface area contributed by atoms with E-state index in [1.54, 1.807) is 19.5 Å². The number of nitrogens with two attached hydrogens (primary N) is 1. The standard InChI is InChI=1S/C11H18N2O2/c1-9(12)3-4-15-8-10-5-11(14-2)7-13-6-10/h5-7,9H,3-4,8,12H2,1-2H3. The Morgan fingerprint density at radius 2 is 2.27 bits per heavy atom. The second-order valence-electron chi connectivity index (χ2n) is 3.55. The molecule has 0 amide bonds. The zero-order chi connectivity index (χ0) is 11.1. The molecular formula is C11H18N2O2. The maximum atomic E-state index is 5.61. The Balaban J connectivity index is 2.30. The van der Waals surface area contributed by atoms with Crippen LogP contribution >= 0.6 is 0 Å². The van der Waals surface area contributed by atoms with Crippen molar-refractivity contribution in [3.8, 4) is 5.75 Å². The van der Waals surface area contributed by atoms with Crippen molar-refractivity contribution in [2.75, 3.05) is 13.7 Å². The molecule has 15 heavy (non-hydrogen) atoms. The molecule has 4 nitrogen and oxygen atoms in total. The van der Waals surface area contributed by atoms with Gasteiger partial charge in [0.2, 0.25) is 0 Å². The predicted octanol–water partition coefficient (Wildman–Crippen LogP) is 1.34. The summed E-state index contributed by atoms with van der Waals surface area (Å²) in [5.74, 6) is 0.753. The van der Waals surface area contributed by atoms with E-state index in [1.165, 1.54) is 0 Å². The van der Waals surface area contributed by atoms with E-state index in [1.807, 2.05) is 13.0 Å². The van der Waals surface area contributed by atoms with Gasteiger partial charge in [-0.25, -0.2) is 0 Å². The monoisotopic (exact) mass is 210 g/mol. The molecule has 0 radical (unpaired) electrons. The molecule has 1 heterocycles. The van der Waals surface area contributed by atoms with Gasteiger partial charge in [-0.15, -0.1) is 0 Å². The van der Waals surface area contributed by atoms with Crippen molar-refractivity contribution in [2.45, 2.75) is 26.0 Å². The minimum absolute atomic E-state index is 0.188. The summed E-state index contributed by atoms with van der Waals surface area (Å²) in [4.78, 5) is 4.04. The molecule has 4 heteroatoms. The van der Waals surface area contributed by atoms with Gasteiger partial charge in [0, 0.05) is 18.8 Å². The third-order valence-corrected chi connectivity index (χ3v) is 1.99. The topological polar surface area (TPSA) is 57.4 Å². The van der Waals surface area contributed by atoms with Crippen LogP contribution in [0.4, 0.5) is 0 Å². The summed E-state index contributed by atoms with van der Waals surface area (Å²) in [5.41, 5.74) is 6.62. The number of nitrogens with zero attached hydrogens (tertiary/aromatic N) is 1. The van der Waals surface area contributed by atoms with Gasteiger partial charge in [-0.1, -0.05) is 0 Å². The van der Waals surface area contributed by atoms with Crippen LogP contribution in [0.25, 0.3) is 0 Å². The van der Waals surface area contributed by atoms with Gasteiger partial charge in [0.05, 0.1) is 19.9 Å². The van der Waals surface area contributed by atoms with E-state index >= 15 is 0 Å². The lowest BCUT2D eigenvalue weighted by atomic mass is 10.2. The van der Waals surface area contributed by atoms with Crippen LogP contribution in [0.15, 0.2) is 18.5 Å². The molecule has 1 aromatic heterocycles. The summed E-state index contributed by atoms with van der Waals surface area (Å²) in [5, 5.41) is 0. The third-order valence-electron chi connectivity index (χ3n) is 1.99. The summed E-state index contributed by atoms with van der Waals surface area (Å²) in [6.07, 6.45) is 4.32. The molecule has 1 aromatic rings. The lowest BCUT2D eigenvalue weighted by Gasteiger charge is -2.07. The first kappa shape index (κ1) is 11.9. The van der Waals surface area contributed by atoms with Gasteiger partial charge in [0.25, 0.3) is 0 Å². The smallest absolute Gasteiger partial charge is 0.137 e. The highest BCUT2D eigenvalue weighted by atomic mass is 16.5. The molecule has 0 fully saturated rings. The van der Waals surface area contributed by atoms with E-state index in [9.17, 15) is 0 Å². The zero-order valence-electron chi connectivity index (χ0n) is 9.27. The number of hydrogen-bond acceptors (Lipinski definition) is 4. The zero-order valence-corrected chi connectivity index (χ0v) is 9.27. The van der Waals surface area contributed by atoms with Crippen molar-refractivity contribution in [3.05, 3.63) is 24.0 Å². The van der Waals surface area contributed by atoms with Gasteiger partial charge in [0.1, 0.15) is 5.75 Å². The Morgan fingerprint density at radius 3 is 2.93 bits per heavy atom. The Labute approximate surface area is 90.4 Å². The number of methoxy groups -OCH3 is 1. The molecule has 0 saturated heterocycles. The first-order valence-electron chi connectivity index (χ1n) is 5.03. The van der Waals surface area contributed by atoms with Gasteiger partial charge >= 0.3 is 0 Å². The first-order valence-corrected chi connectivity index (χ1v) is 5.03.